The van der Waals surface area contributed by atoms with Crippen LogP contribution in [0.2, 0.25) is 0 Å². The number of primary amides is 1. The van der Waals surface area contributed by atoms with Crippen LogP contribution in [0, 0.1) is 0 Å². The number of methoxy groups -OCH3 is 1. The minimum absolute atomic E-state index is 0.180. The fraction of sp³-hybridized carbons (Fsp3) is 0.238. The van der Waals surface area contributed by atoms with Crippen molar-refractivity contribution in [2.75, 3.05) is 7.11 Å². The van der Waals surface area contributed by atoms with Crippen LogP contribution in [0.1, 0.15) is 52.5 Å². The first-order valence-corrected chi connectivity index (χ1v) is 8.37. The Morgan fingerprint density at radius 3 is 2.44 bits per heavy atom. The van der Waals surface area contributed by atoms with Gasteiger partial charge in [-0.2, -0.15) is 0 Å². The lowest BCUT2D eigenvalue weighted by molar-refractivity contribution is 0.0597. The largest absolute Gasteiger partial charge is 0.465 e. The van der Waals surface area contributed by atoms with E-state index in [4.69, 9.17) is 10.5 Å². The molecule has 0 atom stereocenters. The lowest BCUT2D eigenvalue weighted by atomic mass is 9.90. The molecule has 0 aliphatic heterocycles. The van der Waals surface area contributed by atoms with Gasteiger partial charge in [0.25, 0.3) is 0 Å². The molecule has 0 fully saturated rings. The summed E-state index contributed by atoms with van der Waals surface area (Å²) >= 11 is 0. The van der Waals surface area contributed by atoms with Crippen molar-refractivity contribution in [3.63, 3.8) is 0 Å². The number of hydrogen-bond acceptors (Lipinski definition) is 3. The number of carbonyl (C=O) groups excluding carboxylic acids is 2. The van der Waals surface area contributed by atoms with E-state index >= 15 is 0 Å². The van der Waals surface area contributed by atoms with Gasteiger partial charge in [-0.1, -0.05) is 68.3 Å². The van der Waals surface area contributed by atoms with E-state index in [1.54, 1.807) is 6.07 Å². The average molecular weight is 337 g/mol. The number of carbonyl (C=O) groups is 2. The van der Waals surface area contributed by atoms with Crippen LogP contribution in [-0.2, 0) is 4.74 Å². The van der Waals surface area contributed by atoms with Crippen LogP contribution in [0.15, 0.2) is 48.5 Å². The number of amides is 1. The molecular weight excluding hydrogens is 314 g/mol. The first-order chi connectivity index (χ1) is 12.1. The lowest BCUT2D eigenvalue weighted by Gasteiger charge is -2.15. The molecule has 2 rings (SSSR count). The molecule has 2 aromatic rings. The highest BCUT2D eigenvalue weighted by Crippen LogP contribution is 2.31. The van der Waals surface area contributed by atoms with Crippen molar-refractivity contribution < 1.29 is 14.3 Å². The quantitative estimate of drug-likeness (QED) is 0.600. The van der Waals surface area contributed by atoms with Crippen molar-refractivity contribution in [2.24, 2.45) is 5.73 Å². The van der Waals surface area contributed by atoms with Gasteiger partial charge in [-0.05, 0) is 23.6 Å². The second kappa shape index (κ2) is 8.83. The summed E-state index contributed by atoms with van der Waals surface area (Å²) in [7, 11) is 1.29. The van der Waals surface area contributed by atoms with E-state index < -0.39 is 11.9 Å². The molecule has 0 unspecified atom stereocenters. The van der Waals surface area contributed by atoms with Crippen molar-refractivity contribution >= 4 is 18.0 Å². The molecule has 4 heteroatoms. The predicted molar refractivity (Wildman–Crippen MR) is 100 cm³/mol. The molecular formula is C21H23NO3. The summed E-state index contributed by atoms with van der Waals surface area (Å²) in [6, 6.07) is 12.9. The number of nitrogens with two attached hydrogens (primary N) is 1. The van der Waals surface area contributed by atoms with Gasteiger partial charge in [-0.3, -0.25) is 4.79 Å². The number of hydrogen-bond donors (Lipinski definition) is 1. The Kier molecular flexibility index (Phi) is 6.52. The summed E-state index contributed by atoms with van der Waals surface area (Å²) in [6.45, 7) is 2.14. The average Bonchev–Trinajstić information content (AvgIpc) is 2.64. The van der Waals surface area contributed by atoms with Gasteiger partial charge in [0.05, 0.1) is 18.2 Å². The maximum absolute atomic E-state index is 12.2. The highest BCUT2D eigenvalue weighted by atomic mass is 16.5. The topological polar surface area (TPSA) is 69.4 Å². The molecule has 0 saturated carbocycles. The van der Waals surface area contributed by atoms with E-state index in [2.05, 4.69) is 13.0 Å². The van der Waals surface area contributed by atoms with E-state index in [0.29, 0.717) is 5.56 Å². The van der Waals surface area contributed by atoms with E-state index in [1.165, 1.54) is 7.11 Å². The highest BCUT2D eigenvalue weighted by molar-refractivity contribution is 6.10. The Morgan fingerprint density at radius 1 is 1.12 bits per heavy atom. The smallest absolute Gasteiger partial charge is 0.338 e. The van der Waals surface area contributed by atoms with Crippen LogP contribution < -0.4 is 5.73 Å². The van der Waals surface area contributed by atoms with E-state index in [9.17, 15) is 9.59 Å². The van der Waals surface area contributed by atoms with Crippen LogP contribution in [-0.4, -0.2) is 19.0 Å². The molecule has 0 saturated heterocycles. The summed E-state index contributed by atoms with van der Waals surface area (Å²) in [6.07, 6.45) is 7.22. The Bertz CT molecular complexity index is 779. The molecule has 130 valence electrons. The van der Waals surface area contributed by atoms with Gasteiger partial charge in [0, 0.05) is 5.56 Å². The second-order valence-corrected chi connectivity index (χ2v) is 5.72. The van der Waals surface area contributed by atoms with Crippen molar-refractivity contribution in [1.29, 1.82) is 0 Å². The van der Waals surface area contributed by atoms with E-state index in [0.717, 1.165) is 30.4 Å². The third-order valence-corrected chi connectivity index (χ3v) is 3.97. The van der Waals surface area contributed by atoms with Gasteiger partial charge < -0.3 is 10.5 Å². The normalized spacial score (nSPS) is 10.8. The molecule has 0 spiro atoms. The van der Waals surface area contributed by atoms with Crippen LogP contribution in [0.25, 0.3) is 17.2 Å². The minimum atomic E-state index is -0.650. The Morgan fingerprint density at radius 2 is 1.84 bits per heavy atom. The number of rotatable bonds is 7. The van der Waals surface area contributed by atoms with Crippen molar-refractivity contribution in [1.82, 2.24) is 0 Å². The molecule has 0 aliphatic carbocycles. The molecule has 0 aromatic heterocycles. The van der Waals surface area contributed by atoms with Gasteiger partial charge in [0.15, 0.2) is 0 Å². The zero-order valence-corrected chi connectivity index (χ0v) is 14.6. The van der Waals surface area contributed by atoms with Crippen molar-refractivity contribution in [3.05, 3.63) is 65.2 Å². The number of benzene rings is 2. The van der Waals surface area contributed by atoms with E-state index in [1.807, 2.05) is 42.5 Å². The van der Waals surface area contributed by atoms with E-state index in [-0.39, 0.29) is 11.1 Å². The van der Waals surface area contributed by atoms with Gasteiger partial charge in [-0.15, -0.1) is 0 Å². The van der Waals surface area contributed by atoms with Gasteiger partial charge in [0.1, 0.15) is 0 Å². The maximum atomic E-state index is 12.2. The maximum Gasteiger partial charge on any atom is 0.338 e. The SMILES string of the molecule is CCCCC=Cc1ccc(C(=O)OC)c(C(N)=O)c1-c1ccccc1. The zero-order chi connectivity index (χ0) is 18.2. The van der Waals surface area contributed by atoms with Gasteiger partial charge in [0.2, 0.25) is 5.91 Å². The first kappa shape index (κ1) is 18.5. The Labute approximate surface area is 148 Å². The Hall–Kier alpha value is -2.88. The van der Waals surface area contributed by atoms with Crippen LogP contribution >= 0.6 is 0 Å². The molecule has 0 heterocycles. The molecule has 0 bridgehead atoms. The van der Waals surface area contributed by atoms with Crippen LogP contribution in [0.3, 0.4) is 0 Å². The monoisotopic (exact) mass is 337 g/mol. The molecule has 1 amide bonds. The van der Waals surface area contributed by atoms with Crippen LogP contribution in [0.4, 0.5) is 0 Å². The number of allylic oxidation sites excluding steroid dienone is 1. The van der Waals surface area contributed by atoms with Crippen molar-refractivity contribution in [2.45, 2.75) is 26.2 Å². The standard InChI is InChI=1S/C21H23NO3/c1-3-4-5-7-12-16-13-14-17(21(24)25-2)19(20(22)23)18(16)15-10-8-6-9-11-15/h6-14H,3-5H2,1-2H3,(H2,22,23). The summed E-state index contributed by atoms with van der Waals surface area (Å²) in [5, 5.41) is 0. The predicted octanol–water partition coefficient (Wildman–Crippen LogP) is 4.44. The lowest BCUT2D eigenvalue weighted by Crippen LogP contribution is -2.19. The third kappa shape index (κ3) is 4.35. The minimum Gasteiger partial charge on any atom is -0.465 e. The molecule has 25 heavy (non-hydrogen) atoms. The fourth-order valence-corrected chi connectivity index (χ4v) is 2.74. The highest BCUT2D eigenvalue weighted by Gasteiger charge is 2.22. The fourth-order valence-electron chi connectivity index (χ4n) is 2.74. The molecule has 0 aliphatic rings. The summed E-state index contributed by atoms with van der Waals surface area (Å²) in [5.74, 6) is -1.23. The Balaban J connectivity index is 2.68. The molecule has 4 nitrogen and oxygen atoms in total. The summed E-state index contributed by atoms with van der Waals surface area (Å²) in [5.41, 5.74) is 8.33. The number of esters is 1. The first-order valence-electron chi connectivity index (χ1n) is 8.37. The summed E-state index contributed by atoms with van der Waals surface area (Å²) < 4.78 is 4.81. The zero-order valence-electron chi connectivity index (χ0n) is 14.6. The van der Waals surface area contributed by atoms with Gasteiger partial charge >= 0.3 is 5.97 Å². The summed E-state index contributed by atoms with van der Waals surface area (Å²) in [4.78, 5) is 24.2. The number of unbranched alkanes of at least 4 members (excludes halogenated alkanes) is 2. The number of ether oxygens (including phenoxy) is 1. The van der Waals surface area contributed by atoms with Gasteiger partial charge in [-0.25, -0.2) is 4.79 Å². The third-order valence-electron chi connectivity index (χ3n) is 3.97. The molecule has 0 radical (unpaired) electrons. The van der Waals surface area contributed by atoms with Crippen molar-refractivity contribution in [3.8, 4) is 11.1 Å². The molecule has 2 aromatic carbocycles. The van der Waals surface area contributed by atoms with Crippen LogP contribution in [0.5, 0.6) is 0 Å². The molecule has 2 N–H and O–H groups in total. The second-order valence-electron chi connectivity index (χ2n) is 5.72.